The van der Waals surface area contributed by atoms with Gasteiger partial charge in [-0.05, 0) is 41.3 Å². The second kappa shape index (κ2) is 10.3. The number of hydrogen-bond donors (Lipinski definition) is 2. The predicted molar refractivity (Wildman–Crippen MR) is 136 cm³/mol. The standard InChI is InChI=1S/C29H28N2O3/c1-3-21(2)34-27-19-18-22-12-10-11-17-25(22)26(27)20-30-31-28(32)29(33,23-13-6-4-7-14-23)24-15-8-5-9-16-24/h4-21,33H,3H2,1-2H3,(H,31,32)/b30-20-/t21-/m0/s1. The SMILES string of the molecule is CC[C@H](C)Oc1ccc2ccccc2c1/C=N\NC(=O)C(O)(c1ccccc1)c1ccccc1. The third-order valence-electron chi connectivity index (χ3n) is 5.91. The van der Waals surface area contributed by atoms with E-state index in [-0.39, 0.29) is 6.10 Å². The van der Waals surface area contributed by atoms with E-state index in [1.54, 1.807) is 54.7 Å². The molecule has 0 spiro atoms. The maximum absolute atomic E-state index is 13.3. The summed E-state index contributed by atoms with van der Waals surface area (Å²) in [4.78, 5) is 13.3. The molecule has 4 aromatic rings. The molecule has 4 aromatic carbocycles. The molecule has 0 unspecified atom stereocenters. The largest absolute Gasteiger partial charge is 0.490 e. The number of benzene rings is 4. The van der Waals surface area contributed by atoms with E-state index in [2.05, 4.69) is 17.5 Å². The number of carbonyl (C=O) groups excluding carboxylic acids is 1. The van der Waals surface area contributed by atoms with Crippen molar-refractivity contribution in [3.8, 4) is 5.75 Å². The molecule has 5 heteroatoms. The summed E-state index contributed by atoms with van der Waals surface area (Å²) in [6.07, 6.45) is 2.47. The first-order chi connectivity index (χ1) is 16.5. The molecule has 1 amide bonds. The summed E-state index contributed by atoms with van der Waals surface area (Å²) in [5.74, 6) is 0.0400. The van der Waals surface area contributed by atoms with E-state index in [1.807, 2.05) is 55.5 Å². The van der Waals surface area contributed by atoms with Gasteiger partial charge in [-0.2, -0.15) is 5.10 Å². The van der Waals surface area contributed by atoms with Crippen molar-refractivity contribution in [3.63, 3.8) is 0 Å². The highest BCUT2D eigenvalue weighted by molar-refractivity contribution is 6.03. The van der Waals surface area contributed by atoms with Gasteiger partial charge in [-0.25, -0.2) is 5.43 Å². The lowest BCUT2D eigenvalue weighted by molar-refractivity contribution is -0.136. The lowest BCUT2D eigenvalue weighted by atomic mass is 9.85. The minimum atomic E-state index is -1.89. The van der Waals surface area contributed by atoms with E-state index in [4.69, 9.17) is 4.74 Å². The average molecular weight is 453 g/mol. The van der Waals surface area contributed by atoms with Crippen molar-refractivity contribution in [1.82, 2.24) is 5.43 Å². The van der Waals surface area contributed by atoms with Crippen LogP contribution < -0.4 is 10.2 Å². The molecule has 172 valence electrons. The van der Waals surface area contributed by atoms with Crippen molar-refractivity contribution >= 4 is 22.9 Å². The molecule has 34 heavy (non-hydrogen) atoms. The van der Waals surface area contributed by atoms with Gasteiger partial charge in [0.2, 0.25) is 0 Å². The van der Waals surface area contributed by atoms with E-state index in [0.29, 0.717) is 16.9 Å². The highest BCUT2D eigenvalue weighted by Gasteiger charge is 2.39. The van der Waals surface area contributed by atoms with Crippen LogP contribution in [0, 0.1) is 0 Å². The van der Waals surface area contributed by atoms with Crippen LogP contribution in [0.1, 0.15) is 37.0 Å². The lowest BCUT2D eigenvalue weighted by Gasteiger charge is -2.27. The minimum Gasteiger partial charge on any atom is -0.490 e. The molecule has 0 saturated heterocycles. The van der Waals surface area contributed by atoms with E-state index < -0.39 is 11.5 Å². The van der Waals surface area contributed by atoms with Gasteiger partial charge in [0, 0.05) is 5.56 Å². The van der Waals surface area contributed by atoms with E-state index in [0.717, 1.165) is 22.8 Å². The summed E-state index contributed by atoms with van der Waals surface area (Å²) >= 11 is 0. The Morgan fingerprint density at radius 2 is 1.53 bits per heavy atom. The Bertz CT molecular complexity index is 1250. The molecule has 0 fully saturated rings. The summed E-state index contributed by atoms with van der Waals surface area (Å²) < 4.78 is 6.11. The number of nitrogens with zero attached hydrogens (tertiary/aromatic N) is 1. The van der Waals surface area contributed by atoms with E-state index in [9.17, 15) is 9.90 Å². The number of fused-ring (bicyclic) bond motifs is 1. The fraction of sp³-hybridized carbons (Fsp3) is 0.172. The smallest absolute Gasteiger partial charge is 0.281 e. The number of hydrazone groups is 1. The Kier molecular flexibility index (Phi) is 7.04. The first kappa shape index (κ1) is 23.2. The number of carbonyl (C=O) groups is 1. The first-order valence-corrected chi connectivity index (χ1v) is 11.4. The third kappa shape index (κ3) is 4.70. The van der Waals surface area contributed by atoms with Gasteiger partial charge >= 0.3 is 0 Å². The van der Waals surface area contributed by atoms with E-state index >= 15 is 0 Å². The Labute approximate surface area is 199 Å². The molecular weight excluding hydrogens is 424 g/mol. The highest BCUT2D eigenvalue weighted by atomic mass is 16.5. The van der Waals surface area contributed by atoms with Crippen LogP contribution in [0.3, 0.4) is 0 Å². The van der Waals surface area contributed by atoms with Crippen LogP contribution in [-0.4, -0.2) is 23.3 Å². The van der Waals surface area contributed by atoms with E-state index in [1.165, 1.54) is 0 Å². The van der Waals surface area contributed by atoms with Crippen molar-refractivity contribution < 1.29 is 14.6 Å². The Morgan fingerprint density at radius 3 is 2.15 bits per heavy atom. The van der Waals surface area contributed by atoms with Crippen molar-refractivity contribution in [3.05, 3.63) is 114 Å². The van der Waals surface area contributed by atoms with Gasteiger partial charge in [-0.3, -0.25) is 4.79 Å². The van der Waals surface area contributed by atoms with Gasteiger partial charge in [-0.1, -0.05) is 97.9 Å². The Balaban J connectivity index is 1.68. The number of nitrogens with one attached hydrogen (secondary N) is 1. The van der Waals surface area contributed by atoms with Crippen LogP contribution in [-0.2, 0) is 10.4 Å². The summed E-state index contributed by atoms with van der Waals surface area (Å²) in [7, 11) is 0. The monoisotopic (exact) mass is 452 g/mol. The molecule has 0 aliphatic heterocycles. The lowest BCUT2D eigenvalue weighted by Crippen LogP contribution is -2.43. The molecule has 0 radical (unpaired) electrons. The fourth-order valence-corrected chi connectivity index (χ4v) is 3.84. The second-order valence-corrected chi connectivity index (χ2v) is 8.18. The van der Waals surface area contributed by atoms with Gasteiger partial charge in [0.25, 0.3) is 5.91 Å². The van der Waals surface area contributed by atoms with Crippen molar-refractivity contribution in [2.45, 2.75) is 32.0 Å². The zero-order chi connectivity index (χ0) is 24.0. The van der Waals surface area contributed by atoms with Crippen molar-refractivity contribution in [1.29, 1.82) is 0 Å². The van der Waals surface area contributed by atoms with Gasteiger partial charge in [0.1, 0.15) is 5.75 Å². The van der Waals surface area contributed by atoms with Crippen LogP contribution in [0.4, 0.5) is 0 Å². The van der Waals surface area contributed by atoms with Crippen molar-refractivity contribution in [2.75, 3.05) is 0 Å². The van der Waals surface area contributed by atoms with Crippen LogP contribution >= 0.6 is 0 Å². The predicted octanol–water partition coefficient (Wildman–Crippen LogP) is 5.40. The molecule has 4 rings (SSSR count). The summed E-state index contributed by atoms with van der Waals surface area (Å²) in [5.41, 5.74) is 2.34. The number of rotatable bonds is 8. The average Bonchev–Trinajstić information content (AvgIpc) is 2.90. The molecule has 5 nitrogen and oxygen atoms in total. The fourth-order valence-electron chi connectivity index (χ4n) is 3.84. The van der Waals surface area contributed by atoms with Crippen LogP contribution in [0.15, 0.2) is 102 Å². The van der Waals surface area contributed by atoms with Crippen LogP contribution in [0.2, 0.25) is 0 Å². The number of amides is 1. The van der Waals surface area contributed by atoms with Gasteiger partial charge in [0.15, 0.2) is 5.60 Å². The molecular formula is C29H28N2O3. The molecule has 1 atom stereocenters. The van der Waals surface area contributed by atoms with Gasteiger partial charge < -0.3 is 9.84 Å². The zero-order valence-corrected chi connectivity index (χ0v) is 19.3. The number of aliphatic hydroxyl groups is 1. The molecule has 0 heterocycles. The van der Waals surface area contributed by atoms with Gasteiger partial charge in [0.05, 0.1) is 12.3 Å². The molecule has 0 saturated carbocycles. The summed E-state index contributed by atoms with van der Waals surface area (Å²) in [6.45, 7) is 4.07. The zero-order valence-electron chi connectivity index (χ0n) is 19.3. The Hall–Kier alpha value is -3.96. The number of hydrogen-bond acceptors (Lipinski definition) is 4. The number of ether oxygens (including phenoxy) is 1. The second-order valence-electron chi connectivity index (χ2n) is 8.18. The molecule has 0 aliphatic rings. The molecule has 0 bridgehead atoms. The summed E-state index contributed by atoms with van der Waals surface area (Å²) in [5, 5.41) is 17.8. The topological polar surface area (TPSA) is 70.9 Å². The molecule has 2 N–H and O–H groups in total. The van der Waals surface area contributed by atoms with Crippen LogP contribution in [0.25, 0.3) is 10.8 Å². The van der Waals surface area contributed by atoms with Crippen LogP contribution in [0.5, 0.6) is 5.75 Å². The Morgan fingerprint density at radius 1 is 0.941 bits per heavy atom. The highest BCUT2D eigenvalue weighted by Crippen LogP contribution is 2.30. The molecule has 0 aromatic heterocycles. The normalized spacial score (nSPS) is 12.6. The maximum atomic E-state index is 13.3. The van der Waals surface area contributed by atoms with Gasteiger partial charge in [-0.15, -0.1) is 0 Å². The first-order valence-electron chi connectivity index (χ1n) is 11.4. The summed E-state index contributed by atoms with van der Waals surface area (Å²) in [6, 6.07) is 29.6. The maximum Gasteiger partial charge on any atom is 0.281 e. The quantitative estimate of drug-likeness (QED) is 0.278. The third-order valence-corrected chi connectivity index (χ3v) is 5.91. The minimum absolute atomic E-state index is 0.0316. The molecule has 0 aliphatic carbocycles. The van der Waals surface area contributed by atoms with Crippen molar-refractivity contribution in [2.24, 2.45) is 5.10 Å².